The molecule has 1 spiro atoms. The van der Waals surface area contributed by atoms with Crippen LogP contribution in [0.15, 0.2) is 48.8 Å². The van der Waals surface area contributed by atoms with Crippen LogP contribution in [0.5, 0.6) is 0 Å². The molecule has 0 unspecified atom stereocenters. The number of carbonyl (C=O) groups excluding carboxylic acids is 2. The van der Waals surface area contributed by atoms with Gasteiger partial charge in [-0.2, -0.15) is 5.26 Å². The first-order valence-corrected chi connectivity index (χ1v) is 8.60. The lowest BCUT2D eigenvalue weighted by Gasteiger charge is -2.24. The molecule has 1 aromatic carbocycles. The Hall–Kier alpha value is -3.20. The number of hydrogen-bond acceptors (Lipinski definition) is 4. The van der Waals surface area contributed by atoms with Crippen LogP contribution in [0.25, 0.3) is 0 Å². The minimum atomic E-state index is -0.206. The van der Waals surface area contributed by atoms with Crippen molar-refractivity contribution in [2.45, 2.75) is 12.8 Å². The summed E-state index contributed by atoms with van der Waals surface area (Å²) in [5, 5.41) is 9.08. The molecule has 0 radical (unpaired) electrons. The van der Waals surface area contributed by atoms with E-state index in [1.165, 1.54) is 0 Å². The number of benzene rings is 1. The zero-order chi connectivity index (χ0) is 18.1. The Labute approximate surface area is 151 Å². The summed E-state index contributed by atoms with van der Waals surface area (Å²) in [5.41, 5.74) is 1.71. The van der Waals surface area contributed by atoms with Gasteiger partial charge in [-0.1, -0.05) is 6.07 Å². The van der Waals surface area contributed by atoms with E-state index in [0.717, 1.165) is 12.1 Å². The maximum atomic E-state index is 12.7. The molecule has 0 N–H and O–H groups in total. The number of nitriles is 1. The maximum absolute atomic E-state index is 12.7. The third kappa shape index (κ3) is 2.82. The van der Waals surface area contributed by atoms with Gasteiger partial charge in [0.15, 0.2) is 0 Å². The molecule has 4 rings (SSSR count). The lowest BCUT2D eigenvalue weighted by molar-refractivity contribution is -0.117. The minimum Gasteiger partial charge on any atom is -0.338 e. The topological polar surface area (TPSA) is 77.3 Å². The van der Waals surface area contributed by atoms with Gasteiger partial charge in [-0.05, 0) is 36.8 Å². The van der Waals surface area contributed by atoms with Gasteiger partial charge in [-0.15, -0.1) is 0 Å². The second-order valence-corrected chi connectivity index (χ2v) is 7.03. The van der Waals surface area contributed by atoms with E-state index in [4.69, 9.17) is 5.26 Å². The molecule has 6 nitrogen and oxygen atoms in total. The van der Waals surface area contributed by atoms with Crippen molar-refractivity contribution in [1.82, 2.24) is 9.88 Å². The lowest BCUT2D eigenvalue weighted by atomic mass is 9.86. The number of hydrogen-bond donors (Lipinski definition) is 0. The van der Waals surface area contributed by atoms with Crippen LogP contribution in [0.1, 0.15) is 28.8 Å². The van der Waals surface area contributed by atoms with Gasteiger partial charge in [0.2, 0.25) is 5.91 Å². The molecule has 6 heteroatoms. The van der Waals surface area contributed by atoms with E-state index in [1.54, 1.807) is 47.6 Å². The van der Waals surface area contributed by atoms with Crippen LogP contribution in [0.2, 0.25) is 0 Å². The smallest absolute Gasteiger partial charge is 0.253 e. The van der Waals surface area contributed by atoms with E-state index < -0.39 is 0 Å². The quantitative estimate of drug-likeness (QED) is 0.835. The summed E-state index contributed by atoms with van der Waals surface area (Å²) >= 11 is 0. The Bertz CT molecular complexity index is 906. The molecular weight excluding hydrogens is 328 g/mol. The molecule has 0 bridgehead atoms. The monoisotopic (exact) mass is 346 g/mol. The summed E-state index contributed by atoms with van der Waals surface area (Å²) in [6.07, 6.45) is 4.47. The fourth-order valence-electron chi connectivity index (χ4n) is 3.93. The highest BCUT2D eigenvalue weighted by atomic mass is 16.2. The van der Waals surface area contributed by atoms with Crippen LogP contribution >= 0.6 is 0 Å². The van der Waals surface area contributed by atoms with Crippen molar-refractivity contribution in [1.29, 1.82) is 5.26 Å². The van der Waals surface area contributed by atoms with E-state index in [1.807, 2.05) is 11.0 Å². The SMILES string of the molecule is N#Cc1cccc(N2C[C@]3(CCN(C(=O)c4ccncc4)C3)CC2=O)c1. The second kappa shape index (κ2) is 6.26. The van der Waals surface area contributed by atoms with Gasteiger partial charge in [0, 0.05) is 55.1 Å². The van der Waals surface area contributed by atoms with Crippen molar-refractivity contribution >= 4 is 17.5 Å². The number of amides is 2. The van der Waals surface area contributed by atoms with Crippen LogP contribution in [0.3, 0.4) is 0 Å². The number of anilines is 1. The fourth-order valence-corrected chi connectivity index (χ4v) is 3.93. The molecule has 2 fully saturated rings. The van der Waals surface area contributed by atoms with Crippen LogP contribution in [-0.2, 0) is 4.79 Å². The van der Waals surface area contributed by atoms with E-state index in [-0.39, 0.29) is 17.2 Å². The predicted molar refractivity (Wildman–Crippen MR) is 95.3 cm³/mol. The fraction of sp³-hybridized carbons (Fsp3) is 0.300. The normalized spacial score (nSPS) is 22.0. The molecular formula is C20H18N4O2. The van der Waals surface area contributed by atoms with Crippen LogP contribution in [0.4, 0.5) is 5.69 Å². The Kier molecular flexibility index (Phi) is 3.92. The Morgan fingerprint density at radius 2 is 2.00 bits per heavy atom. The van der Waals surface area contributed by atoms with Crippen molar-refractivity contribution in [3.05, 3.63) is 59.9 Å². The molecule has 0 aliphatic carbocycles. The highest BCUT2D eigenvalue weighted by Gasteiger charge is 2.48. The molecule has 26 heavy (non-hydrogen) atoms. The summed E-state index contributed by atoms with van der Waals surface area (Å²) in [4.78, 5) is 32.8. The summed E-state index contributed by atoms with van der Waals surface area (Å²) in [5.74, 6) is 0.0416. The number of likely N-dealkylation sites (tertiary alicyclic amines) is 1. The number of nitrogens with zero attached hydrogens (tertiary/aromatic N) is 4. The molecule has 2 amide bonds. The van der Waals surface area contributed by atoms with Gasteiger partial charge in [-0.25, -0.2) is 0 Å². The molecule has 1 aromatic heterocycles. The van der Waals surface area contributed by atoms with Gasteiger partial charge in [0.05, 0.1) is 11.6 Å². The Morgan fingerprint density at radius 1 is 1.19 bits per heavy atom. The van der Waals surface area contributed by atoms with Crippen LogP contribution in [0, 0.1) is 16.7 Å². The van der Waals surface area contributed by atoms with Crippen molar-refractivity contribution in [3.8, 4) is 6.07 Å². The number of carbonyl (C=O) groups is 2. The van der Waals surface area contributed by atoms with Gasteiger partial charge >= 0.3 is 0 Å². The van der Waals surface area contributed by atoms with Crippen molar-refractivity contribution in [2.75, 3.05) is 24.5 Å². The van der Waals surface area contributed by atoms with Gasteiger partial charge in [0.1, 0.15) is 0 Å². The zero-order valence-electron chi connectivity index (χ0n) is 14.3. The summed E-state index contributed by atoms with van der Waals surface area (Å²) in [6.45, 7) is 1.82. The molecule has 2 saturated heterocycles. The predicted octanol–water partition coefficient (Wildman–Crippen LogP) is 2.22. The van der Waals surface area contributed by atoms with E-state index in [9.17, 15) is 9.59 Å². The van der Waals surface area contributed by atoms with Gasteiger partial charge < -0.3 is 9.80 Å². The first kappa shape index (κ1) is 16.3. The average Bonchev–Trinajstić information content (AvgIpc) is 3.24. The zero-order valence-corrected chi connectivity index (χ0v) is 14.3. The molecule has 130 valence electrons. The second-order valence-electron chi connectivity index (χ2n) is 7.03. The third-order valence-electron chi connectivity index (χ3n) is 5.26. The summed E-state index contributed by atoms with van der Waals surface area (Å²) in [6, 6.07) is 12.7. The molecule has 1 atom stereocenters. The van der Waals surface area contributed by atoms with E-state index in [0.29, 0.717) is 37.2 Å². The molecule has 2 aliphatic heterocycles. The van der Waals surface area contributed by atoms with E-state index >= 15 is 0 Å². The highest BCUT2D eigenvalue weighted by Crippen LogP contribution is 2.42. The number of pyridine rings is 1. The minimum absolute atomic E-state index is 0.0124. The van der Waals surface area contributed by atoms with Crippen molar-refractivity contribution in [2.24, 2.45) is 5.41 Å². The Morgan fingerprint density at radius 3 is 2.77 bits per heavy atom. The largest absolute Gasteiger partial charge is 0.338 e. The molecule has 2 aliphatic rings. The molecule has 0 saturated carbocycles. The van der Waals surface area contributed by atoms with Crippen molar-refractivity contribution in [3.63, 3.8) is 0 Å². The lowest BCUT2D eigenvalue weighted by Crippen LogP contribution is -2.34. The molecule has 2 aromatic rings. The number of rotatable bonds is 2. The van der Waals surface area contributed by atoms with Crippen LogP contribution < -0.4 is 4.90 Å². The van der Waals surface area contributed by atoms with Gasteiger partial charge in [0.25, 0.3) is 5.91 Å². The average molecular weight is 346 g/mol. The standard InChI is InChI=1S/C20H18N4O2/c21-12-15-2-1-3-17(10-15)24-14-20(11-18(24)25)6-9-23(13-20)19(26)16-4-7-22-8-5-16/h1-5,7-8,10H,6,9,11,13-14H2/t20-/m1/s1. The van der Waals surface area contributed by atoms with E-state index in [2.05, 4.69) is 11.1 Å². The third-order valence-corrected chi connectivity index (χ3v) is 5.26. The molecule has 3 heterocycles. The summed E-state index contributed by atoms with van der Waals surface area (Å²) in [7, 11) is 0. The Balaban J connectivity index is 1.52. The number of aromatic nitrogens is 1. The van der Waals surface area contributed by atoms with Gasteiger partial charge in [-0.3, -0.25) is 14.6 Å². The first-order valence-electron chi connectivity index (χ1n) is 8.60. The maximum Gasteiger partial charge on any atom is 0.253 e. The highest BCUT2D eigenvalue weighted by molar-refractivity contribution is 5.97. The summed E-state index contributed by atoms with van der Waals surface area (Å²) < 4.78 is 0. The van der Waals surface area contributed by atoms with Crippen molar-refractivity contribution < 1.29 is 9.59 Å². The first-order chi connectivity index (χ1) is 12.6. The van der Waals surface area contributed by atoms with Crippen LogP contribution in [-0.4, -0.2) is 41.3 Å².